The minimum atomic E-state index is 0. The quantitative estimate of drug-likeness (QED) is 0.270. The molecule has 1 aliphatic rings. The van der Waals surface area contributed by atoms with Crippen molar-refractivity contribution in [3.05, 3.63) is 126 Å². The molecule has 1 atom stereocenters. The topological polar surface area (TPSA) is 0 Å². The molecule has 0 aromatic heterocycles. The molecule has 1 unspecified atom stereocenters. The summed E-state index contributed by atoms with van der Waals surface area (Å²) in [5.74, 6) is 0.551. The van der Waals surface area contributed by atoms with Crippen LogP contribution in [0, 0.1) is 12.0 Å². The largest absolute Gasteiger partial charge is 0.126 e. The summed E-state index contributed by atoms with van der Waals surface area (Å²) in [5, 5.41) is 8.08. The first-order chi connectivity index (χ1) is 16.1. The molecule has 0 saturated carbocycles. The molecule has 0 fully saturated rings. The predicted molar refractivity (Wildman–Crippen MR) is 142 cm³/mol. The zero-order valence-electron chi connectivity index (χ0n) is 20.2. The Morgan fingerprint density at radius 3 is 1.71 bits per heavy atom. The standard InChI is InChI=1S/C13H9.C11H8.C8H11.2ClH.Zr/c1-3-7-12-10(5-1)9-11-6-2-4-8-13(11)12;1-9-5-4-7-10-6-2-3-8-11(9)10;1-6-4-7(2)8(3)5-6;;;/h1-9H;1-8H;4,6H,1-3H3;2*1H;/q-1;;-1;;;+2/p-2. The van der Waals surface area contributed by atoms with E-state index in [4.69, 9.17) is 0 Å². The Morgan fingerprint density at radius 2 is 1.23 bits per heavy atom. The number of benzene rings is 4. The van der Waals surface area contributed by atoms with E-state index in [2.05, 4.69) is 134 Å². The third-order valence-corrected chi connectivity index (χ3v) is 6.80. The monoisotopic (exact) mass is 572 g/mol. The van der Waals surface area contributed by atoms with Crippen molar-refractivity contribution < 1.29 is 49.0 Å². The fraction of sp³-hybridized carbons (Fsp3) is 0.125. The van der Waals surface area contributed by atoms with Gasteiger partial charge in [-0.3, -0.25) is 6.08 Å². The Morgan fingerprint density at radius 1 is 0.714 bits per heavy atom. The SMILES string of the molecule is CC1=[C-]C(C)C=C1C.[Cl-].[Cl-].[Zr+2]=[CH]c1cccc2ccccc12.c1ccc2c(c1)[cH-]c1ccccc12. The summed E-state index contributed by atoms with van der Waals surface area (Å²) >= 11 is 1.46. The van der Waals surface area contributed by atoms with Crippen LogP contribution in [0.2, 0.25) is 0 Å². The van der Waals surface area contributed by atoms with Crippen LogP contribution in [0.4, 0.5) is 0 Å². The van der Waals surface area contributed by atoms with E-state index >= 15 is 0 Å². The second kappa shape index (κ2) is 13.8. The summed E-state index contributed by atoms with van der Waals surface area (Å²) in [6.45, 7) is 6.39. The molecule has 3 heteroatoms. The first kappa shape index (κ1) is 29.1. The molecule has 1 aliphatic carbocycles. The molecular formula is C32H28Cl2Zr-2. The zero-order valence-corrected chi connectivity index (χ0v) is 24.2. The van der Waals surface area contributed by atoms with Gasteiger partial charge >= 0.3 is 86.7 Å². The third kappa shape index (κ3) is 7.17. The van der Waals surface area contributed by atoms with Crippen LogP contribution < -0.4 is 24.8 Å². The van der Waals surface area contributed by atoms with E-state index in [1.165, 1.54) is 73.3 Å². The van der Waals surface area contributed by atoms with Crippen LogP contribution in [-0.4, -0.2) is 3.71 Å². The normalized spacial score (nSPS) is 13.9. The molecular weight excluding hydrogens is 546 g/mol. The summed E-state index contributed by atoms with van der Waals surface area (Å²) < 4.78 is 2.23. The molecule has 0 spiro atoms. The Bertz CT molecular complexity index is 1400. The van der Waals surface area contributed by atoms with Crippen LogP contribution in [0.3, 0.4) is 0 Å². The van der Waals surface area contributed by atoms with Crippen molar-refractivity contribution in [3.8, 4) is 0 Å². The third-order valence-electron chi connectivity index (χ3n) is 6.04. The number of hydrogen-bond acceptors (Lipinski definition) is 0. The van der Waals surface area contributed by atoms with E-state index in [9.17, 15) is 0 Å². The van der Waals surface area contributed by atoms with Crippen molar-refractivity contribution in [1.29, 1.82) is 0 Å². The number of hydrogen-bond donors (Lipinski definition) is 0. The molecule has 0 nitrogen and oxygen atoms in total. The van der Waals surface area contributed by atoms with E-state index in [1.54, 1.807) is 0 Å². The zero-order chi connectivity index (χ0) is 23.2. The van der Waals surface area contributed by atoms with Gasteiger partial charge in [0.1, 0.15) is 0 Å². The fourth-order valence-corrected chi connectivity index (χ4v) is 4.90. The molecule has 0 bridgehead atoms. The summed E-state index contributed by atoms with van der Waals surface area (Å²) in [7, 11) is 0. The van der Waals surface area contributed by atoms with Gasteiger partial charge in [-0.05, 0) is 0 Å². The van der Waals surface area contributed by atoms with Gasteiger partial charge in [0, 0.05) is 0 Å². The van der Waals surface area contributed by atoms with Gasteiger partial charge in [0.25, 0.3) is 0 Å². The maximum Gasteiger partial charge on any atom is -0.0771 e. The Hall–Kier alpha value is -2.18. The number of rotatable bonds is 1. The van der Waals surface area contributed by atoms with Gasteiger partial charge in [-0.1, -0.05) is 56.2 Å². The summed E-state index contributed by atoms with van der Waals surface area (Å²) in [5.41, 5.74) is 4.06. The molecule has 0 aliphatic heterocycles. The van der Waals surface area contributed by atoms with Crippen molar-refractivity contribution in [1.82, 2.24) is 0 Å². The molecule has 35 heavy (non-hydrogen) atoms. The Labute approximate surface area is 236 Å². The summed E-state index contributed by atoms with van der Waals surface area (Å²) in [4.78, 5) is 0. The van der Waals surface area contributed by atoms with Crippen LogP contribution in [-0.2, 0) is 24.2 Å². The average molecular weight is 575 g/mol. The molecule has 0 saturated heterocycles. The number of allylic oxidation sites excluding steroid dienone is 4. The van der Waals surface area contributed by atoms with Crippen molar-refractivity contribution in [2.45, 2.75) is 20.8 Å². The van der Waals surface area contributed by atoms with Gasteiger partial charge in [-0.25, -0.2) is 11.1 Å². The predicted octanol–water partition coefficient (Wildman–Crippen LogP) is 2.59. The van der Waals surface area contributed by atoms with Crippen LogP contribution in [0.25, 0.3) is 32.3 Å². The van der Waals surface area contributed by atoms with E-state index in [1.807, 2.05) is 0 Å². The molecule has 6 rings (SSSR count). The second-order valence-corrected chi connectivity index (χ2v) is 9.15. The van der Waals surface area contributed by atoms with Gasteiger partial charge in [0.15, 0.2) is 0 Å². The Balaban J connectivity index is 0.000000185. The van der Waals surface area contributed by atoms with E-state index in [-0.39, 0.29) is 24.8 Å². The summed E-state index contributed by atoms with van der Waals surface area (Å²) in [6, 6.07) is 34.2. The molecule has 176 valence electrons. The van der Waals surface area contributed by atoms with Gasteiger partial charge < -0.3 is 24.8 Å². The van der Waals surface area contributed by atoms with E-state index in [0.29, 0.717) is 5.92 Å². The van der Waals surface area contributed by atoms with Crippen LogP contribution in [0.1, 0.15) is 26.3 Å². The Kier molecular flexibility index (Phi) is 11.4. The van der Waals surface area contributed by atoms with E-state index < -0.39 is 0 Å². The molecule has 0 N–H and O–H groups in total. The molecule has 5 aromatic rings. The van der Waals surface area contributed by atoms with Crippen molar-refractivity contribution in [2.75, 3.05) is 0 Å². The average Bonchev–Trinajstić information content (AvgIpc) is 3.37. The number of fused-ring (bicyclic) bond motifs is 4. The maximum absolute atomic E-state index is 3.29. The first-order valence-electron chi connectivity index (χ1n) is 11.4. The van der Waals surface area contributed by atoms with Gasteiger partial charge in [0.2, 0.25) is 0 Å². The molecule has 5 aromatic carbocycles. The van der Waals surface area contributed by atoms with Crippen molar-refractivity contribution in [3.63, 3.8) is 0 Å². The van der Waals surface area contributed by atoms with Gasteiger partial charge in [0.05, 0.1) is 0 Å². The first-order valence-corrected chi connectivity index (χ1v) is 12.8. The van der Waals surface area contributed by atoms with Crippen LogP contribution in [0.15, 0.2) is 114 Å². The minimum absolute atomic E-state index is 0. The maximum atomic E-state index is 3.29. The fourth-order valence-electron chi connectivity index (χ4n) is 4.28. The number of halogens is 2. The van der Waals surface area contributed by atoms with E-state index in [0.717, 1.165) is 0 Å². The summed E-state index contributed by atoms with van der Waals surface area (Å²) in [6.07, 6.45) is 5.52. The van der Waals surface area contributed by atoms with Crippen molar-refractivity contribution in [2.24, 2.45) is 5.92 Å². The van der Waals surface area contributed by atoms with Gasteiger partial charge in [-0.2, -0.15) is 6.08 Å². The molecule has 0 heterocycles. The van der Waals surface area contributed by atoms with Crippen molar-refractivity contribution >= 4 is 36.0 Å². The van der Waals surface area contributed by atoms with Gasteiger partial charge in [-0.15, -0.1) is 46.7 Å². The molecule has 0 amide bonds. The minimum Gasteiger partial charge on any atom is -0.126 e. The van der Waals surface area contributed by atoms with Crippen LogP contribution >= 0.6 is 0 Å². The smallest absolute Gasteiger partial charge is 0.0771 e. The second-order valence-electron chi connectivity index (χ2n) is 8.44. The van der Waals surface area contributed by atoms with Crippen LogP contribution in [0.5, 0.6) is 0 Å². The molecule has 0 radical (unpaired) electrons.